The number of aliphatic imine (C=N–C) groups is 1. The summed E-state index contributed by atoms with van der Waals surface area (Å²) in [5, 5.41) is 0. The second-order valence-corrected chi connectivity index (χ2v) is 4.20. The number of aryl methyl sites for hydroxylation is 1. The van der Waals surface area contributed by atoms with Crippen LogP contribution in [0.25, 0.3) is 0 Å². The molecule has 0 N–H and O–H groups in total. The topological polar surface area (TPSA) is 41.4 Å². The summed E-state index contributed by atoms with van der Waals surface area (Å²) in [6.07, 6.45) is 4.83. The molecule has 0 radical (unpaired) electrons. The lowest BCUT2D eigenvalue weighted by molar-refractivity contribution is 0.754. The molecule has 0 aliphatic carbocycles. The van der Waals surface area contributed by atoms with Crippen LogP contribution < -0.4 is 4.90 Å². The number of hydrogen-bond acceptors (Lipinski definition) is 4. The fraction of sp³-hybridized carbons (Fsp3) is 0.688. The number of nitrogens with zero attached hydrogens (tertiary/aromatic N) is 4. The van der Waals surface area contributed by atoms with E-state index in [9.17, 15) is 0 Å². The molecule has 4 heteroatoms. The average Bonchev–Trinajstić information content (AvgIpc) is 2.49. The molecule has 0 amide bonds. The second-order valence-electron chi connectivity index (χ2n) is 4.20. The van der Waals surface area contributed by atoms with E-state index >= 15 is 0 Å². The monoisotopic (exact) mass is 280 g/mol. The van der Waals surface area contributed by atoms with Crippen LogP contribution in [0, 0.1) is 12.8 Å². The van der Waals surface area contributed by atoms with Crippen LogP contribution in [-0.4, -0.2) is 30.3 Å². The van der Waals surface area contributed by atoms with Gasteiger partial charge in [0, 0.05) is 20.3 Å². The average molecular weight is 280 g/mol. The molecule has 1 aromatic rings. The van der Waals surface area contributed by atoms with Gasteiger partial charge >= 0.3 is 0 Å². The predicted octanol–water partition coefficient (Wildman–Crippen LogP) is 4.65. The number of hydrogen-bond donors (Lipinski definition) is 0. The third-order valence-corrected chi connectivity index (χ3v) is 2.45. The third kappa shape index (κ3) is 7.87. The third-order valence-electron chi connectivity index (χ3n) is 2.45. The van der Waals surface area contributed by atoms with Crippen molar-refractivity contribution in [2.75, 3.05) is 19.0 Å². The van der Waals surface area contributed by atoms with Gasteiger partial charge in [0.15, 0.2) is 0 Å². The van der Waals surface area contributed by atoms with Crippen LogP contribution in [-0.2, 0) is 0 Å². The van der Waals surface area contributed by atoms with Crippen molar-refractivity contribution in [1.82, 2.24) is 9.97 Å². The molecule has 0 spiro atoms. The normalized spacial score (nSPS) is 11.1. The zero-order chi connectivity index (χ0) is 16.1. The summed E-state index contributed by atoms with van der Waals surface area (Å²) >= 11 is 0. The highest BCUT2D eigenvalue weighted by molar-refractivity contribution is 5.65. The lowest BCUT2D eigenvalue weighted by Gasteiger charge is -2.10. The Morgan fingerprint density at radius 2 is 1.80 bits per heavy atom. The standard InChI is InChI=1S/C12H20N4.2C2H6/c1-6-9(2)7-13-11-8-14-12(16(4)5)15-10(11)3;2*1-2/h7-9H,6H2,1-5H3;2*1-2H3. The van der Waals surface area contributed by atoms with Crippen molar-refractivity contribution >= 4 is 17.9 Å². The van der Waals surface area contributed by atoms with Crippen LogP contribution in [0.15, 0.2) is 11.2 Å². The lowest BCUT2D eigenvalue weighted by atomic mass is 10.1. The Kier molecular flexibility index (Phi) is 13.1. The molecular weight excluding hydrogens is 248 g/mol. The van der Waals surface area contributed by atoms with Crippen molar-refractivity contribution in [1.29, 1.82) is 0 Å². The first-order valence-corrected chi connectivity index (χ1v) is 7.59. The van der Waals surface area contributed by atoms with Crippen LogP contribution in [0.3, 0.4) is 0 Å². The molecule has 1 rings (SSSR count). The molecule has 0 aliphatic rings. The maximum absolute atomic E-state index is 4.41. The van der Waals surface area contributed by atoms with Crippen molar-refractivity contribution in [2.24, 2.45) is 10.9 Å². The molecule has 0 aromatic carbocycles. The molecule has 116 valence electrons. The Labute approximate surface area is 125 Å². The molecule has 0 saturated carbocycles. The first kappa shape index (κ1) is 20.9. The van der Waals surface area contributed by atoms with Gasteiger partial charge in [-0.25, -0.2) is 9.97 Å². The summed E-state index contributed by atoms with van der Waals surface area (Å²) in [5.74, 6) is 1.22. The zero-order valence-electron chi connectivity index (χ0n) is 14.7. The van der Waals surface area contributed by atoms with E-state index in [1.54, 1.807) is 6.20 Å². The van der Waals surface area contributed by atoms with Crippen LogP contribution in [0.1, 0.15) is 53.7 Å². The van der Waals surface area contributed by atoms with Gasteiger partial charge in [0.05, 0.1) is 11.9 Å². The van der Waals surface area contributed by atoms with Crippen molar-refractivity contribution in [3.63, 3.8) is 0 Å². The first-order chi connectivity index (χ1) is 9.54. The Hall–Kier alpha value is -1.45. The maximum Gasteiger partial charge on any atom is 0.225 e. The molecule has 4 nitrogen and oxygen atoms in total. The molecule has 1 atom stereocenters. The fourth-order valence-corrected chi connectivity index (χ4v) is 1.10. The number of aromatic nitrogens is 2. The number of rotatable bonds is 4. The fourth-order valence-electron chi connectivity index (χ4n) is 1.10. The van der Waals surface area contributed by atoms with Crippen molar-refractivity contribution in [2.45, 2.75) is 54.9 Å². The summed E-state index contributed by atoms with van der Waals surface area (Å²) < 4.78 is 0. The molecule has 1 unspecified atom stereocenters. The van der Waals surface area contributed by atoms with Crippen LogP contribution in [0.4, 0.5) is 11.6 Å². The van der Waals surface area contributed by atoms with E-state index in [0.717, 1.165) is 23.8 Å². The smallest absolute Gasteiger partial charge is 0.225 e. The van der Waals surface area contributed by atoms with E-state index in [0.29, 0.717) is 5.92 Å². The van der Waals surface area contributed by atoms with E-state index in [4.69, 9.17) is 0 Å². The SMILES string of the molecule is CC.CC.CCC(C)C=Nc1cnc(N(C)C)nc1C. The van der Waals surface area contributed by atoms with Gasteiger partial charge in [0.25, 0.3) is 0 Å². The molecule has 1 aromatic heterocycles. The Bertz CT molecular complexity index is 373. The second kappa shape index (κ2) is 12.6. The maximum atomic E-state index is 4.41. The van der Waals surface area contributed by atoms with Crippen LogP contribution in [0.2, 0.25) is 0 Å². The largest absolute Gasteiger partial charge is 0.347 e. The van der Waals surface area contributed by atoms with E-state index < -0.39 is 0 Å². The Morgan fingerprint density at radius 1 is 1.25 bits per heavy atom. The zero-order valence-corrected chi connectivity index (χ0v) is 14.7. The predicted molar refractivity (Wildman–Crippen MR) is 91.4 cm³/mol. The summed E-state index contributed by atoms with van der Waals surface area (Å²) in [6, 6.07) is 0. The van der Waals surface area contributed by atoms with Crippen molar-refractivity contribution < 1.29 is 0 Å². The van der Waals surface area contributed by atoms with Gasteiger partial charge in [-0.2, -0.15) is 0 Å². The highest BCUT2D eigenvalue weighted by Gasteiger charge is 2.03. The molecule has 0 saturated heterocycles. The van der Waals surface area contributed by atoms with Gasteiger partial charge in [0.2, 0.25) is 5.95 Å². The van der Waals surface area contributed by atoms with Gasteiger partial charge in [-0.15, -0.1) is 0 Å². The van der Waals surface area contributed by atoms with Gasteiger partial charge < -0.3 is 4.90 Å². The number of anilines is 1. The summed E-state index contributed by atoms with van der Waals surface area (Å²) in [7, 11) is 3.85. The quantitative estimate of drug-likeness (QED) is 0.754. The Balaban J connectivity index is 0. The summed E-state index contributed by atoms with van der Waals surface area (Å²) in [5.41, 5.74) is 1.77. The molecule has 0 aliphatic heterocycles. The molecular formula is C16H32N4. The Morgan fingerprint density at radius 3 is 2.20 bits per heavy atom. The van der Waals surface area contributed by atoms with E-state index in [1.807, 2.05) is 59.8 Å². The van der Waals surface area contributed by atoms with Gasteiger partial charge in [0.1, 0.15) is 5.69 Å². The van der Waals surface area contributed by atoms with Crippen molar-refractivity contribution in [3.8, 4) is 0 Å². The minimum Gasteiger partial charge on any atom is -0.347 e. The summed E-state index contributed by atoms with van der Waals surface area (Å²) in [4.78, 5) is 14.9. The van der Waals surface area contributed by atoms with Gasteiger partial charge in [-0.05, 0) is 19.3 Å². The molecule has 0 fully saturated rings. The van der Waals surface area contributed by atoms with E-state index in [1.165, 1.54) is 0 Å². The minimum atomic E-state index is 0.493. The molecule has 1 heterocycles. The lowest BCUT2D eigenvalue weighted by Crippen LogP contribution is -2.12. The summed E-state index contributed by atoms with van der Waals surface area (Å²) in [6.45, 7) is 14.3. The highest BCUT2D eigenvalue weighted by Crippen LogP contribution is 2.17. The van der Waals surface area contributed by atoms with Gasteiger partial charge in [-0.3, -0.25) is 4.99 Å². The van der Waals surface area contributed by atoms with Crippen LogP contribution >= 0.6 is 0 Å². The molecule has 20 heavy (non-hydrogen) atoms. The van der Waals surface area contributed by atoms with Crippen LogP contribution in [0.5, 0.6) is 0 Å². The molecule has 0 bridgehead atoms. The first-order valence-electron chi connectivity index (χ1n) is 7.59. The minimum absolute atomic E-state index is 0.493. The van der Waals surface area contributed by atoms with Gasteiger partial charge in [-0.1, -0.05) is 41.5 Å². The highest BCUT2D eigenvalue weighted by atomic mass is 15.2. The van der Waals surface area contributed by atoms with Crippen molar-refractivity contribution in [3.05, 3.63) is 11.9 Å². The van der Waals surface area contributed by atoms with E-state index in [-0.39, 0.29) is 0 Å². The van der Waals surface area contributed by atoms with E-state index in [2.05, 4.69) is 28.8 Å².